The number of rotatable bonds is 8. The van der Waals surface area contributed by atoms with Crippen molar-refractivity contribution in [3.8, 4) is 0 Å². The van der Waals surface area contributed by atoms with Crippen LogP contribution in [0.15, 0.2) is 24.3 Å². The van der Waals surface area contributed by atoms with Gasteiger partial charge in [0.15, 0.2) is 0 Å². The van der Waals surface area contributed by atoms with Gasteiger partial charge in [0, 0.05) is 6.42 Å². The van der Waals surface area contributed by atoms with Gasteiger partial charge in [-0.25, -0.2) is 0 Å². The Morgan fingerprint density at radius 1 is 1.17 bits per heavy atom. The van der Waals surface area contributed by atoms with E-state index >= 15 is 0 Å². The van der Waals surface area contributed by atoms with E-state index < -0.39 is 36.3 Å². The first kappa shape index (κ1) is 17.3. The molecule has 0 spiro atoms. The van der Waals surface area contributed by atoms with Crippen LogP contribution in [0.3, 0.4) is 0 Å². The Bertz CT molecular complexity index is 665. The SMILES string of the molecule is O=CCCC[C@@H](C(=O)NCC(=O)O)N1C(=O)c2ccccc2C1=O. The molecule has 0 saturated carbocycles. The fourth-order valence-corrected chi connectivity index (χ4v) is 2.54. The van der Waals surface area contributed by atoms with E-state index in [-0.39, 0.29) is 24.0 Å². The Morgan fingerprint density at radius 2 is 1.75 bits per heavy atom. The molecule has 1 aromatic carbocycles. The fraction of sp³-hybridized carbons (Fsp3) is 0.312. The third-order valence-corrected chi connectivity index (χ3v) is 3.65. The number of carboxylic acid groups (broad SMARTS) is 1. The van der Waals surface area contributed by atoms with E-state index in [0.717, 1.165) is 4.90 Å². The van der Waals surface area contributed by atoms with Crippen molar-refractivity contribution in [3.63, 3.8) is 0 Å². The maximum Gasteiger partial charge on any atom is 0.322 e. The second-order valence-corrected chi connectivity index (χ2v) is 5.25. The van der Waals surface area contributed by atoms with Gasteiger partial charge in [-0.15, -0.1) is 0 Å². The molecule has 126 valence electrons. The molecule has 1 aliphatic heterocycles. The van der Waals surface area contributed by atoms with E-state index in [1.807, 2.05) is 0 Å². The van der Waals surface area contributed by atoms with Crippen LogP contribution in [0, 0.1) is 0 Å². The molecule has 1 heterocycles. The van der Waals surface area contributed by atoms with Crippen LogP contribution in [0.4, 0.5) is 0 Å². The minimum atomic E-state index is -1.24. The molecular weight excluding hydrogens is 316 g/mol. The number of nitrogens with one attached hydrogen (secondary N) is 1. The highest BCUT2D eigenvalue weighted by Crippen LogP contribution is 2.26. The third-order valence-electron chi connectivity index (χ3n) is 3.65. The van der Waals surface area contributed by atoms with Crippen molar-refractivity contribution in [2.45, 2.75) is 25.3 Å². The number of fused-ring (bicyclic) bond motifs is 1. The standard InChI is InChI=1S/C16H16N2O6/c19-8-4-3-7-12(14(22)17-9-13(20)21)18-15(23)10-5-1-2-6-11(10)16(18)24/h1-2,5-6,8,12H,3-4,7,9H2,(H,17,22)(H,20,21)/t12-/m0/s1. The van der Waals surface area contributed by atoms with Crippen LogP contribution in [-0.2, 0) is 14.4 Å². The van der Waals surface area contributed by atoms with Crippen molar-refractivity contribution in [2.75, 3.05) is 6.54 Å². The number of carbonyl (C=O) groups excluding carboxylic acids is 4. The Hall–Kier alpha value is -3.03. The lowest BCUT2D eigenvalue weighted by Crippen LogP contribution is -2.50. The average Bonchev–Trinajstić information content (AvgIpc) is 2.82. The van der Waals surface area contributed by atoms with Crippen LogP contribution >= 0.6 is 0 Å². The second kappa shape index (κ2) is 7.49. The predicted octanol–water partition coefficient (Wildman–Crippen LogP) is 0.221. The number of carbonyl (C=O) groups is 5. The second-order valence-electron chi connectivity index (χ2n) is 5.25. The number of nitrogens with zero attached hydrogens (tertiary/aromatic N) is 1. The topological polar surface area (TPSA) is 121 Å². The number of unbranched alkanes of at least 4 members (excludes halogenated alkanes) is 1. The monoisotopic (exact) mass is 332 g/mol. The van der Waals surface area contributed by atoms with E-state index in [9.17, 15) is 24.0 Å². The summed E-state index contributed by atoms with van der Waals surface area (Å²) in [5.41, 5.74) is 0.405. The van der Waals surface area contributed by atoms with Gasteiger partial charge in [0.25, 0.3) is 11.8 Å². The lowest BCUT2D eigenvalue weighted by Gasteiger charge is -2.25. The van der Waals surface area contributed by atoms with Crippen molar-refractivity contribution in [2.24, 2.45) is 0 Å². The number of aldehydes is 1. The highest BCUT2D eigenvalue weighted by molar-refractivity contribution is 6.22. The van der Waals surface area contributed by atoms with Crippen LogP contribution < -0.4 is 5.32 Å². The Balaban J connectivity index is 2.25. The zero-order valence-corrected chi connectivity index (χ0v) is 12.7. The Kier molecular flexibility index (Phi) is 5.41. The zero-order chi connectivity index (χ0) is 17.7. The summed E-state index contributed by atoms with van der Waals surface area (Å²) < 4.78 is 0. The summed E-state index contributed by atoms with van der Waals surface area (Å²) in [4.78, 5) is 59.1. The predicted molar refractivity (Wildman–Crippen MR) is 81.3 cm³/mol. The fourth-order valence-electron chi connectivity index (χ4n) is 2.54. The summed E-state index contributed by atoms with van der Waals surface area (Å²) in [6, 6.07) is 5.05. The number of carboxylic acids is 1. The van der Waals surface area contributed by atoms with Gasteiger partial charge in [-0.2, -0.15) is 0 Å². The van der Waals surface area contributed by atoms with Gasteiger partial charge in [0.2, 0.25) is 5.91 Å². The van der Waals surface area contributed by atoms with E-state index in [2.05, 4.69) is 5.32 Å². The molecule has 1 atom stereocenters. The molecular formula is C16H16N2O6. The molecule has 0 aromatic heterocycles. The quantitative estimate of drug-likeness (QED) is 0.399. The Labute approximate surface area is 137 Å². The molecule has 1 aromatic rings. The summed E-state index contributed by atoms with van der Waals surface area (Å²) in [5.74, 6) is -3.18. The minimum Gasteiger partial charge on any atom is -0.480 e. The van der Waals surface area contributed by atoms with E-state index in [1.165, 1.54) is 12.1 Å². The lowest BCUT2D eigenvalue weighted by atomic mass is 10.1. The maximum absolute atomic E-state index is 12.5. The largest absolute Gasteiger partial charge is 0.480 e. The molecule has 8 heteroatoms. The van der Waals surface area contributed by atoms with Crippen molar-refractivity contribution in [3.05, 3.63) is 35.4 Å². The lowest BCUT2D eigenvalue weighted by molar-refractivity contribution is -0.138. The van der Waals surface area contributed by atoms with E-state index in [4.69, 9.17) is 5.11 Å². The molecule has 0 fully saturated rings. The molecule has 0 unspecified atom stereocenters. The normalized spacial score (nSPS) is 14.2. The molecule has 24 heavy (non-hydrogen) atoms. The molecule has 0 aliphatic carbocycles. The summed E-state index contributed by atoms with van der Waals surface area (Å²) in [6.07, 6.45) is 1.22. The van der Waals surface area contributed by atoms with Gasteiger partial charge in [-0.1, -0.05) is 12.1 Å². The van der Waals surface area contributed by atoms with Crippen molar-refractivity contribution in [1.82, 2.24) is 10.2 Å². The van der Waals surface area contributed by atoms with Gasteiger partial charge in [-0.05, 0) is 25.0 Å². The van der Waals surface area contributed by atoms with Crippen molar-refractivity contribution < 1.29 is 29.1 Å². The van der Waals surface area contributed by atoms with Crippen LogP contribution in [0.25, 0.3) is 0 Å². The van der Waals surface area contributed by atoms with Gasteiger partial charge in [-0.3, -0.25) is 24.1 Å². The third kappa shape index (κ3) is 3.48. The molecule has 0 saturated heterocycles. The smallest absolute Gasteiger partial charge is 0.322 e. The maximum atomic E-state index is 12.5. The summed E-state index contributed by atoms with van der Waals surface area (Å²) >= 11 is 0. The van der Waals surface area contributed by atoms with Gasteiger partial charge < -0.3 is 15.2 Å². The molecule has 0 bridgehead atoms. The summed E-state index contributed by atoms with van der Waals surface area (Å²) in [6.45, 7) is -0.619. The van der Waals surface area contributed by atoms with Gasteiger partial charge in [0.1, 0.15) is 18.9 Å². The number of amides is 3. The van der Waals surface area contributed by atoms with Gasteiger partial charge in [0.05, 0.1) is 11.1 Å². The molecule has 2 rings (SSSR count). The molecule has 2 N–H and O–H groups in total. The van der Waals surface area contributed by atoms with Gasteiger partial charge >= 0.3 is 5.97 Å². The highest BCUT2D eigenvalue weighted by Gasteiger charge is 2.42. The summed E-state index contributed by atoms with van der Waals surface area (Å²) in [7, 11) is 0. The molecule has 1 aliphatic rings. The van der Waals surface area contributed by atoms with Crippen LogP contribution in [-0.4, -0.2) is 52.6 Å². The minimum absolute atomic E-state index is 0.0790. The number of hydrogen-bond donors (Lipinski definition) is 2. The first-order valence-electron chi connectivity index (χ1n) is 7.37. The first-order chi connectivity index (χ1) is 11.5. The van der Waals surface area contributed by atoms with Crippen molar-refractivity contribution in [1.29, 1.82) is 0 Å². The summed E-state index contributed by atoms with van der Waals surface area (Å²) in [5, 5.41) is 10.8. The average molecular weight is 332 g/mol. The van der Waals surface area contributed by atoms with Crippen LogP contribution in [0.5, 0.6) is 0 Å². The molecule has 8 nitrogen and oxygen atoms in total. The number of hydrogen-bond acceptors (Lipinski definition) is 5. The Morgan fingerprint density at radius 3 is 2.25 bits per heavy atom. The van der Waals surface area contributed by atoms with E-state index in [1.54, 1.807) is 12.1 Å². The van der Waals surface area contributed by atoms with Crippen LogP contribution in [0.1, 0.15) is 40.0 Å². The highest BCUT2D eigenvalue weighted by atomic mass is 16.4. The zero-order valence-electron chi connectivity index (χ0n) is 12.7. The number of benzene rings is 1. The van der Waals surface area contributed by atoms with Crippen molar-refractivity contribution >= 4 is 30.0 Å². The first-order valence-corrected chi connectivity index (χ1v) is 7.37. The van der Waals surface area contributed by atoms with E-state index in [0.29, 0.717) is 12.7 Å². The molecule has 0 radical (unpaired) electrons. The molecule has 3 amide bonds. The number of imide groups is 1. The number of aliphatic carboxylic acids is 1. The van der Waals surface area contributed by atoms with Crippen LogP contribution in [0.2, 0.25) is 0 Å².